The van der Waals surface area contributed by atoms with Crippen LogP contribution in [0.1, 0.15) is 25.8 Å². The number of hydrogen-bond acceptors (Lipinski definition) is 2. The van der Waals surface area contributed by atoms with Crippen LogP contribution >= 0.6 is 15.9 Å². The van der Waals surface area contributed by atoms with Crippen molar-refractivity contribution in [2.45, 2.75) is 26.8 Å². The molecule has 0 aliphatic carbocycles. The summed E-state index contributed by atoms with van der Waals surface area (Å²) >= 11 is 3.52. The van der Waals surface area contributed by atoms with Crippen molar-refractivity contribution >= 4 is 15.9 Å². The number of nitrogens with zero attached hydrogens (tertiary/aromatic N) is 1. The first-order chi connectivity index (χ1) is 8.61. The molecule has 0 heterocycles. The highest BCUT2D eigenvalue weighted by Gasteiger charge is 2.06. The van der Waals surface area contributed by atoms with E-state index in [1.165, 1.54) is 12.0 Å². The van der Waals surface area contributed by atoms with Crippen molar-refractivity contribution in [3.8, 4) is 0 Å². The predicted octanol–water partition coefficient (Wildman–Crippen LogP) is 3.52. The van der Waals surface area contributed by atoms with Crippen molar-refractivity contribution in [3.05, 3.63) is 34.3 Å². The van der Waals surface area contributed by atoms with Crippen LogP contribution in [0.25, 0.3) is 0 Å². The lowest BCUT2D eigenvalue weighted by molar-refractivity contribution is 0.274. The van der Waals surface area contributed by atoms with E-state index in [-0.39, 0.29) is 0 Å². The number of hydrogen-bond donors (Lipinski definition) is 1. The molecule has 0 spiro atoms. The summed E-state index contributed by atoms with van der Waals surface area (Å²) in [6.07, 6.45) is 1.21. The van der Waals surface area contributed by atoms with E-state index >= 15 is 0 Å². The van der Waals surface area contributed by atoms with Gasteiger partial charge in [0.2, 0.25) is 0 Å². The molecule has 1 atom stereocenters. The first-order valence-electron chi connectivity index (χ1n) is 6.75. The van der Waals surface area contributed by atoms with Crippen LogP contribution < -0.4 is 5.32 Å². The maximum atomic E-state index is 3.52. The average molecular weight is 313 g/mol. The van der Waals surface area contributed by atoms with E-state index in [0.29, 0.717) is 5.92 Å². The second-order valence-corrected chi connectivity index (χ2v) is 6.05. The lowest BCUT2D eigenvalue weighted by Crippen LogP contribution is -2.31. The molecule has 1 N–H and O–H groups in total. The first-order valence-corrected chi connectivity index (χ1v) is 7.54. The summed E-state index contributed by atoms with van der Waals surface area (Å²) < 4.78 is 1.16. The Labute approximate surface area is 120 Å². The van der Waals surface area contributed by atoms with Gasteiger partial charge in [0.05, 0.1) is 0 Å². The fourth-order valence-electron chi connectivity index (χ4n) is 2.13. The Kier molecular flexibility index (Phi) is 7.56. The summed E-state index contributed by atoms with van der Waals surface area (Å²) in [5.74, 6) is 0.689. The predicted molar refractivity (Wildman–Crippen MR) is 82.8 cm³/mol. The molecule has 0 aliphatic heterocycles. The fourth-order valence-corrected chi connectivity index (χ4v) is 2.58. The quantitative estimate of drug-likeness (QED) is 0.739. The minimum Gasteiger partial charge on any atom is -0.316 e. The van der Waals surface area contributed by atoms with E-state index in [4.69, 9.17) is 0 Å². The van der Waals surface area contributed by atoms with Crippen LogP contribution in [0.3, 0.4) is 0 Å². The number of benzene rings is 1. The third-order valence-corrected chi connectivity index (χ3v) is 3.38. The average Bonchev–Trinajstić information content (AvgIpc) is 2.29. The van der Waals surface area contributed by atoms with Crippen LogP contribution in [0.5, 0.6) is 0 Å². The van der Waals surface area contributed by atoms with Gasteiger partial charge in [-0.05, 0) is 50.2 Å². The Balaban J connectivity index is 2.30. The molecule has 0 radical (unpaired) electrons. The largest absolute Gasteiger partial charge is 0.316 e. The molecule has 0 fully saturated rings. The molecule has 0 saturated heterocycles. The molecular formula is C15H25BrN2. The van der Waals surface area contributed by atoms with Gasteiger partial charge in [-0.2, -0.15) is 0 Å². The van der Waals surface area contributed by atoms with E-state index in [2.05, 4.69) is 71.3 Å². The molecule has 0 aliphatic rings. The SMILES string of the molecule is CCCNCC(C)CN(C)Cc1cccc(Br)c1. The number of nitrogens with one attached hydrogen (secondary N) is 1. The summed E-state index contributed by atoms with van der Waals surface area (Å²) in [4.78, 5) is 2.39. The topological polar surface area (TPSA) is 15.3 Å². The highest BCUT2D eigenvalue weighted by molar-refractivity contribution is 9.10. The van der Waals surface area contributed by atoms with Crippen LogP contribution in [-0.2, 0) is 6.54 Å². The van der Waals surface area contributed by atoms with Gasteiger partial charge < -0.3 is 10.2 Å². The molecule has 0 aromatic heterocycles. The van der Waals surface area contributed by atoms with Crippen LogP contribution in [0, 0.1) is 5.92 Å². The van der Waals surface area contributed by atoms with Crippen LogP contribution in [0.2, 0.25) is 0 Å². The van der Waals surface area contributed by atoms with Gasteiger partial charge in [0, 0.05) is 17.6 Å². The number of halogens is 1. The van der Waals surface area contributed by atoms with E-state index < -0.39 is 0 Å². The molecule has 0 amide bonds. The molecule has 2 nitrogen and oxygen atoms in total. The maximum absolute atomic E-state index is 3.52. The third kappa shape index (κ3) is 6.53. The molecule has 18 heavy (non-hydrogen) atoms. The van der Waals surface area contributed by atoms with E-state index in [0.717, 1.165) is 30.7 Å². The zero-order valence-electron chi connectivity index (χ0n) is 11.7. The Morgan fingerprint density at radius 1 is 1.39 bits per heavy atom. The zero-order chi connectivity index (χ0) is 13.4. The standard InChI is InChI=1S/C15H25BrN2/c1-4-8-17-10-13(2)11-18(3)12-14-6-5-7-15(16)9-14/h5-7,9,13,17H,4,8,10-12H2,1-3H3. The molecule has 102 valence electrons. The van der Waals surface area contributed by atoms with Crippen molar-refractivity contribution in [2.75, 3.05) is 26.7 Å². The van der Waals surface area contributed by atoms with Crippen LogP contribution in [0.15, 0.2) is 28.7 Å². The molecule has 1 rings (SSSR count). The highest BCUT2D eigenvalue weighted by Crippen LogP contribution is 2.13. The lowest BCUT2D eigenvalue weighted by Gasteiger charge is -2.21. The fraction of sp³-hybridized carbons (Fsp3) is 0.600. The summed E-state index contributed by atoms with van der Waals surface area (Å²) in [5.41, 5.74) is 1.36. The second-order valence-electron chi connectivity index (χ2n) is 5.14. The maximum Gasteiger partial charge on any atom is 0.0231 e. The molecule has 0 saturated carbocycles. The normalized spacial score (nSPS) is 12.9. The minimum atomic E-state index is 0.689. The molecule has 0 bridgehead atoms. The van der Waals surface area contributed by atoms with Gasteiger partial charge in [-0.15, -0.1) is 0 Å². The van der Waals surface area contributed by atoms with Gasteiger partial charge in [0.1, 0.15) is 0 Å². The molecule has 3 heteroatoms. The van der Waals surface area contributed by atoms with Gasteiger partial charge in [-0.3, -0.25) is 0 Å². The Morgan fingerprint density at radius 3 is 2.83 bits per heavy atom. The number of rotatable bonds is 8. The zero-order valence-corrected chi connectivity index (χ0v) is 13.3. The van der Waals surface area contributed by atoms with Crippen molar-refractivity contribution in [1.29, 1.82) is 0 Å². The van der Waals surface area contributed by atoms with Gasteiger partial charge in [0.25, 0.3) is 0 Å². The van der Waals surface area contributed by atoms with Crippen molar-refractivity contribution in [3.63, 3.8) is 0 Å². The van der Waals surface area contributed by atoms with E-state index in [1.807, 2.05) is 0 Å². The Bertz CT molecular complexity index is 341. The van der Waals surface area contributed by atoms with Crippen LogP contribution in [0.4, 0.5) is 0 Å². The summed E-state index contributed by atoms with van der Waals surface area (Å²) in [7, 11) is 2.19. The highest BCUT2D eigenvalue weighted by atomic mass is 79.9. The third-order valence-electron chi connectivity index (χ3n) is 2.88. The summed E-state index contributed by atoms with van der Waals surface area (Å²) in [6.45, 7) is 8.88. The lowest BCUT2D eigenvalue weighted by atomic mass is 10.1. The van der Waals surface area contributed by atoms with Crippen molar-refractivity contribution < 1.29 is 0 Å². The van der Waals surface area contributed by atoms with Crippen molar-refractivity contribution in [2.24, 2.45) is 5.92 Å². The van der Waals surface area contributed by atoms with Gasteiger partial charge in [-0.1, -0.05) is 41.9 Å². The molecule has 1 aromatic rings. The van der Waals surface area contributed by atoms with Crippen molar-refractivity contribution in [1.82, 2.24) is 10.2 Å². The molecular weight excluding hydrogens is 288 g/mol. The molecule has 1 aromatic carbocycles. The van der Waals surface area contributed by atoms with E-state index in [1.54, 1.807) is 0 Å². The first kappa shape index (κ1) is 15.7. The summed E-state index contributed by atoms with van der Waals surface area (Å²) in [5, 5.41) is 3.48. The molecule has 1 unspecified atom stereocenters. The van der Waals surface area contributed by atoms with Gasteiger partial charge in [0.15, 0.2) is 0 Å². The van der Waals surface area contributed by atoms with E-state index in [9.17, 15) is 0 Å². The Hall–Kier alpha value is -0.380. The van der Waals surface area contributed by atoms with Crippen LogP contribution in [-0.4, -0.2) is 31.6 Å². The van der Waals surface area contributed by atoms with Gasteiger partial charge in [-0.25, -0.2) is 0 Å². The second kappa shape index (κ2) is 8.68. The summed E-state index contributed by atoms with van der Waals surface area (Å²) in [6, 6.07) is 8.54. The Morgan fingerprint density at radius 2 is 2.17 bits per heavy atom. The van der Waals surface area contributed by atoms with Gasteiger partial charge >= 0.3 is 0 Å². The minimum absolute atomic E-state index is 0.689. The smallest absolute Gasteiger partial charge is 0.0231 e. The monoisotopic (exact) mass is 312 g/mol.